The monoisotopic (exact) mass is 1300 g/mol. The molecule has 0 radical (unpaired) electrons. The Labute approximate surface area is 537 Å². The summed E-state index contributed by atoms with van der Waals surface area (Å²) < 4.78 is 68.2. The van der Waals surface area contributed by atoms with Gasteiger partial charge >= 0.3 is 39.5 Å². The van der Waals surface area contributed by atoms with E-state index < -0.39 is 97.5 Å². The van der Waals surface area contributed by atoms with Crippen molar-refractivity contribution < 1.29 is 80.2 Å². The Morgan fingerprint density at radius 1 is 0.307 bits per heavy atom. The third kappa shape index (κ3) is 62.8. The van der Waals surface area contributed by atoms with E-state index in [1.54, 1.807) is 0 Å². The van der Waals surface area contributed by atoms with E-state index in [0.29, 0.717) is 31.6 Å². The zero-order valence-corrected chi connectivity index (χ0v) is 58.6. The molecule has 0 aromatic carbocycles. The lowest BCUT2D eigenvalue weighted by Crippen LogP contribution is -2.30. The van der Waals surface area contributed by atoms with Gasteiger partial charge in [0.1, 0.15) is 19.3 Å². The van der Waals surface area contributed by atoms with Crippen molar-refractivity contribution in [2.24, 2.45) is 5.92 Å². The van der Waals surface area contributed by atoms with Gasteiger partial charge in [-0.1, -0.05) is 304 Å². The van der Waals surface area contributed by atoms with Crippen LogP contribution in [0.1, 0.15) is 356 Å². The molecule has 0 saturated carbocycles. The molecule has 5 atom stereocenters. The number of phosphoric acid groups is 2. The smallest absolute Gasteiger partial charge is 0.462 e. The Morgan fingerprint density at radius 3 is 0.773 bits per heavy atom. The van der Waals surface area contributed by atoms with Crippen molar-refractivity contribution in [3.63, 3.8) is 0 Å². The van der Waals surface area contributed by atoms with Gasteiger partial charge in [0, 0.05) is 25.7 Å². The Kier molecular flexibility index (Phi) is 61.1. The van der Waals surface area contributed by atoms with E-state index in [4.69, 9.17) is 37.0 Å². The SMILES string of the molecule is CCCCCCCCCCCCCCCCCC(=O)O[C@H](COC(=O)CCCCCCCCCCCCCCC)COP(=O)(O)OC[C@@H](O)COP(=O)(O)OC[C@@H](COC(=O)CCCCCCCCC(C)C)OC(=O)CCCCCCCCCCCCC. The third-order valence-corrected chi connectivity index (χ3v) is 17.9. The van der Waals surface area contributed by atoms with E-state index in [1.165, 1.54) is 173 Å². The maximum Gasteiger partial charge on any atom is 0.472 e. The molecule has 0 heterocycles. The van der Waals surface area contributed by atoms with Gasteiger partial charge in [-0.15, -0.1) is 0 Å². The maximum atomic E-state index is 13.0. The second kappa shape index (κ2) is 62.5. The molecule has 0 aromatic heterocycles. The Morgan fingerprint density at radius 2 is 0.523 bits per heavy atom. The number of carbonyl (C=O) groups is 4. The fourth-order valence-corrected chi connectivity index (χ4v) is 12.0. The number of rotatable bonds is 69. The first-order valence-electron chi connectivity index (χ1n) is 36.1. The molecule has 0 saturated heterocycles. The summed E-state index contributed by atoms with van der Waals surface area (Å²) >= 11 is 0. The van der Waals surface area contributed by atoms with E-state index >= 15 is 0 Å². The molecule has 0 rings (SSSR count). The molecule has 19 heteroatoms. The van der Waals surface area contributed by atoms with Crippen molar-refractivity contribution in [1.82, 2.24) is 0 Å². The summed E-state index contributed by atoms with van der Waals surface area (Å²) in [4.78, 5) is 72.4. The molecule has 3 N–H and O–H groups in total. The molecule has 0 aliphatic carbocycles. The molecular formula is C69H134O17P2. The highest BCUT2D eigenvalue weighted by molar-refractivity contribution is 7.47. The molecule has 17 nitrogen and oxygen atoms in total. The summed E-state index contributed by atoms with van der Waals surface area (Å²) in [6.07, 6.45) is 48.6. The second-order valence-corrected chi connectivity index (χ2v) is 28.3. The van der Waals surface area contributed by atoms with Crippen molar-refractivity contribution >= 4 is 39.5 Å². The minimum Gasteiger partial charge on any atom is -0.462 e. The molecule has 0 spiro atoms. The summed E-state index contributed by atoms with van der Waals surface area (Å²) in [5.74, 6) is -1.44. The molecule has 522 valence electrons. The third-order valence-electron chi connectivity index (χ3n) is 16.0. The maximum absolute atomic E-state index is 13.0. The van der Waals surface area contributed by atoms with Gasteiger partial charge in [0.05, 0.1) is 26.4 Å². The zero-order chi connectivity index (χ0) is 64.9. The van der Waals surface area contributed by atoms with Gasteiger partial charge in [0.25, 0.3) is 0 Å². The lowest BCUT2D eigenvalue weighted by molar-refractivity contribution is -0.161. The number of aliphatic hydroxyl groups is 1. The van der Waals surface area contributed by atoms with E-state index in [1.807, 2.05) is 0 Å². The fourth-order valence-electron chi connectivity index (χ4n) is 10.5. The van der Waals surface area contributed by atoms with Crippen LogP contribution in [0.25, 0.3) is 0 Å². The molecule has 0 aliphatic heterocycles. The normalized spacial score (nSPS) is 14.1. The van der Waals surface area contributed by atoms with Gasteiger partial charge < -0.3 is 33.8 Å². The van der Waals surface area contributed by atoms with Gasteiger partial charge in [-0.3, -0.25) is 37.3 Å². The summed E-state index contributed by atoms with van der Waals surface area (Å²) in [6, 6.07) is 0. The minimum absolute atomic E-state index is 0.106. The quantitative estimate of drug-likeness (QED) is 0.0222. The Balaban J connectivity index is 5.23. The zero-order valence-electron chi connectivity index (χ0n) is 56.9. The number of carbonyl (C=O) groups excluding carboxylic acids is 4. The van der Waals surface area contributed by atoms with Crippen LogP contribution in [0, 0.1) is 5.92 Å². The van der Waals surface area contributed by atoms with Gasteiger partial charge in [-0.2, -0.15) is 0 Å². The first-order valence-corrected chi connectivity index (χ1v) is 39.1. The topological polar surface area (TPSA) is 237 Å². The van der Waals surface area contributed by atoms with Crippen LogP contribution in [0.15, 0.2) is 0 Å². The van der Waals surface area contributed by atoms with Crippen molar-refractivity contribution in [1.29, 1.82) is 0 Å². The largest absolute Gasteiger partial charge is 0.472 e. The van der Waals surface area contributed by atoms with Crippen LogP contribution in [-0.4, -0.2) is 96.7 Å². The summed E-state index contributed by atoms with van der Waals surface area (Å²) in [5.41, 5.74) is 0. The average molecular weight is 1300 g/mol. The van der Waals surface area contributed by atoms with Gasteiger partial charge in [-0.05, 0) is 31.6 Å². The van der Waals surface area contributed by atoms with E-state index in [-0.39, 0.29) is 25.7 Å². The molecule has 2 unspecified atom stereocenters. The lowest BCUT2D eigenvalue weighted by atomic mass is 10.0. The van der Waals surface area contributed by atoms with Gasteiger partial charge in [0.15, 0.2) is 12.2 Å². The number of ether oxygens (including phenoxy) is 4. The standard InChI is InChI=1S/C69H134O17P2/c1-6-9-12-15-18-21-24-26-27-29-32-35-38-45-50-55-69(74)85-64(58-79-66(71)52-47-42-36-33-31-28-25-22-19-16-13-10-7-2)60-83-87(75,76)81-56-63(70)57-82-88(77,78)84-61-65(59-80-67(72)53-48-43-40-39-41-46-51-62(4)5)86-68(73)54-49-44-37-34-30-23-20-17-14-11-8-3/h62-65,70H,6-61H2,1-5H3,(H,75,76)(H,77,78)/t63-,64-,65-/m1/s1. The predicted molar refractivity (Wildman–Crippen MR) is 354 cm³/mol. The van der Waals surface area contributed by atoms with Crippen LogP contribution in [0.4, 0.5) is 0 Å². The number of hydrogen-bond donors (Lipinski definition) is 3. The number of phosphoric ester groups is 2. The lowest BCUT2D eigenvalue weighted by Gasteiger charge is -2.21. The van der Waals surface area contributed by atoms with Crippen molar-refractivity contribution in [2.75, 3.05) is 39.6 Å². The highest BCUT2D eigenvalue weighted by Crippen LogP contribution is 2.45. The van der Waals surface area contributed by atoms with E-state index in [2.05, 4.69) is 34.6 Å². The van der Waals surface area contributed by atoms with Crippen LogP contribution in [0.5, 0.6) is 0 Å². The van der Waals surface area contributed by atoms with Crippen molar-refractivity contribution in [3.8, 4) is 0 Å². The summed E-state index contributed by atoms with van der Waals surface area (Å²) in [7, 11) is -9.89. The summed E-state index contributed by atoms with van der Waals surface area (Å²) in [5, 5.41) is 10.6. The van der Waals surface area contributed by atoms with Gasteiger partial charge in [0.2, 0.25) is 0 Å². The molecule has 88 heavy (non-hydrogen) atoms. The van der Waals surface area contributed by atoms with Crippen molar-refractivity contribution in [2.45, 2.75) is 374 Å². The molecule has 0 amide bonds. The highest BCUT2D eigenvalue weighted by atomic mass is 31.2. The van der Waals surface area contributed by atoms with E-state index in [9.17, 15) is 43.2 Å². The Bertz CT molecular complexity index is 1700. The Hall–Kier alpha value is -1.94. The number of unbranched alkanes of at least 4 members (excludes halogenated alkanes) is 41. The average Bonchev–Trinajstić information content (AvgIpc) is 3.64. The molecule has 0 aromatic rings. The first-order chi connectivity index (χ1) is 42.5. The number of esters is 4. The molecular weight excluding hydrogens is 1160 g/mol. The van der Waals surface area contributed by atoms with Crippen LogP contribution >= 0.6 is 15.6 Å². The second-order valence-electron chi connectivity index (χ2n) is 25.4. The molecule has 0 fully saturated rings. The van der Waals surface area contributed by atoms with Crippen LogP contribution in [0.2, 0.25) is 0 Å². The van der Waals surface area contributed by atoms with Gasteiger partial charge in [-0.25, -0.2) is 9.13 Å². The minimum atomic E-state index is -4.95. The number of hydrogen-bond acceptors (Lipinski definition) is 15. The van der Waals surface area contributed by atoms with Crippen molar-refractivity contribution in [3.05, 3.63) is 0 Å². The predicted octanol–water partition coefficient (Wildman–Crippen LogP) is 19.7. The fraction of sp³-hybridized carbons (Fsp3) is 0.942. The molecule has 0 bridgehead atoms. The molecule has 0 aliphatic rings. The number of aliphatic hydroxyl groups excluding tert-OH is 1. The first kappa shape index (κ1) is 86.1. The van der Waals surface area contributed by atoms with Crippen LogP contribution in [0.3, 0.4) is 0 Å². The van der Waals surface area contributed by atoms with Crippen LogP contribution < -0.4 is 0 Å². The highest BCUT2D eigenvalue weighted by Gasteiger charge is 2.30. The van der Waals surface area contributed by atoms with Crippen LogP contribution in [-0.2, 0) is 65.4 Å². The summed E-state index contributed by atoms with van der Waals surface area (Å²) in [6.45, 7) is 7.16. The van der Waals surface area contributed by atoms with E-state index in [0.717, 1.165) is 96.3 Å².